The maximum Gasteiger partial charge on any atom is 0.280 e. The first-order valence-electron chi connectivity index (χ1n) is 8.44. The molecule has 1 aliphatic heterocycles. The van der Waals surface area contributed by atoms with E-state index in [1.54, 1.807) is 0 Å². The van der Waals surface area contributed by atoms with Gasteiger partial charge in [0.05, 0.1) is 23.6 Å². The molecule has 1 heterocycles. The third-order valence-electron chi connectivity index (χ3n) is 3.84. The molecule has 0 spiro atoms. The van der Waals surface area contributed by atoms with Crippen LogP contribution in [0.4, 0.5) is 5.69 Å². The number of nitrogens with zero attached hydrogens (tertiary/aromatic N) is 2. The number of hydrazone groups is 1. The minimum atomic E-state index is -0.108. The van der Waals surface area contributed by atoms with Crippen molar-refractivity contribution in [3.63, 3.8) is 0 Å². The molecule has 0 N–H and O–H groups in total. The molecule has 0 bridgehead atoms. The maximum absolute atomic E-state index is 12.7. The summed E-state index contributed by atoms with van der Waals surface area (Å²) in [6.45, 7) is 6.78. The van der Waals surface area contributed by atoms with Crippen LogP contribution in [0.5, 0.6) is 5.75 Å². The highest BCUT2D eigenvalue weighted by Gasteiger charge is 2.28. The molecule has 0 aliphatic carbocycles. The van der Waals surface area contributed by atoms with Gasteiger partial charge in [-0.15, -0.1) is 0 Å². The van der Waals surface area contributed by atoms with Gasteiger partial charge in [-0.1, -0.05) is 44.2 Å². The number of para-hydroxylation sites is 1. The second-order valence-electron chi connectivity index (χ2n) is 6.47. The molecule has 1 aliphatic rings. The molecule has 3 rings (SSSR count). The van der Waals surface area contributed by atoms with E-state index in [0.717, 1.165) is 17.0 Å². The Morgan fingerprint density at radius 2 is 1.76 bits per heavy atom. The number of anilines is 1. The lowest BCUT2D eigenvalue weighted by Gasteiger charge is -2.11. The van der Waals surface area contributed by atoms with E-state index < -0.39 is 0 Å². The molecule has 4 heteroatoms. The zero-order valence-corrected chi connectivity index (χ0v) is 14.8. The van der Waals surface area contributed by atoms with Gasteiger partial charge in [-0.25, -0.2) is 0 Å². The summed E-state index contributed by atoms with van der Waals surface area (Å²) in [5, 5.41) is 5.84. The van der Waals surface area contributed by atoms with Crippen molar-refractivity contribution in [1.82, 2.24) is 0 Å². The first kappa shape index (κ1) is 17.0. The molecule has 0 radical (unpaired) electrons. The second-order valence-corrected chi connectivity index (χ2v) is 6.47. The van der Waals surface area contributed by atoms with Gasteiger partial charge in [-0.3, -0.25) is 4.79 Å². The molecule has 2 aromatic carbocycles. The standard InChI is InChI=1S/C21H22N2O2/c1-15(2)14-25-19-11-9-17(10-12-19)13-20-16(3)22-23(21(20)24)18-7-5-4-6-8-18/h4-13,15H,14H2,1-3H3/b20-13+. The van der Waals surface area contributed by atoms with Gasteiger partial charge in [0.25, 0.3) is 5.91 Å². The molecular formula is C21H22N2O2. The van der Waals surface area contributed by atoms with E-state index in [9.17, 15) is 4.79 Å². The predicted octanol–water partition coefficient (Wildman–Crippen LogP) is 4.53. The van der Waals surface area contributed by atoms with Gasteiger partial charge in [0.2, 0.25) is 0 Å². The molecule has 0 saturated carbocycles. The Labute approximate surface area is 148 Å². The molecule has 0 atom stereocenters. The summed E-state index contributed by atoms with van der Waals surface area (Å²) < 4.78 is 5.69. The first-order valence-corrected chi connectivity index (χ1v) is 8.44. The second kappa shape index (κ2) is 7.34. The van der Waals surface area contributed by atoms with Gasteiger partial charge in [-0.2, -0.15) is 10.1 Å². The van der Waals surface area contributed by atoms with Crippen LogP contribution in [0.1, 0.15) is 26.3 Å². The summed E-state index contributed by atoms with van der Waals surface area (Å²) in [6, 6.07) is 17.2. The van der Waals surface area contributed by atoms with E-state index in [0.29, 0.717) is 23.8 Å². The average molecular weight is 334 g/mol. The largest absolute Gasteiger partial charge is 0.493 e. The molecule has 1 amide bonds. The first-order chi connectivity index (χ1) is 12.0. The van der Waals surface area contributed by atoms with E-state index in [1.807, 2.05) is 67.6 Å². The van der Waals surface area contributed by atoms with Gasteiger partial charge >= 0.3 is 0 Å². The van der Waals surface area contributed by atoms with E-state index in [-0.39, 0.29) is 5.91 Å². The number of rotatable bonds is 5. The maximum atomic E-state index is 12.7. The molecule has 0 fully saturated rings. The average Bonchev–Trinajstić information content (AvgIpc) is 2.90. The number of ether oxygens (including phenoxy) is 1. The van der Waals surface area contributed by atoms with Crippen molar-refractivity contribution in [2.45, 2.75) is 20.8 Å². The van der Waals surface area contributed by atoms with Gasteiger partial charge < -0.3 is 4.74 Å². The van der Waals surface area contributed by atoms with Crippen LogP contribution in [-0.2, 0) is 4.79 Å². The number of carbonyl (C=O) groups is 1. The minimum absolute atomic E-state index is 0.108. The van der Waals surface area contributed by atoms with Crippen molar-refractivity contribution >= 4 is 23.4 Å². The third kappa shape index (κ3) is 3.97. The van der Waals surface area contributed by atoms with Crippen LogP contribution in [0, 0.1) is 5.92 Å². The van der Waals surface area contributed by atoms with Gasteiger partial charge in [0, 0.05) is 0 Å². The molecule has 2 aromatic rings. The highest BCUT2D eigenvalue weighted by atomic mass is 16.5. The third-order valence-corrected chi connectivity index (χ3v) is 3.84. The Morgan fingerprint density at radius 3 is 2.40 bits per heavy atom. The van der Waals surface area contributed by atoms with Crippen molar-refractivity contribution in [2.75, 3.05) is 11.6 Å². The molecule has 0 unspecified atom stereocenters. The van der Waals surface area contributed by atoms with Gasteiger partial charge in [0.15, 0.2) is 0 Å². The van der Waals surface area contributed by atoms with E-state index in [2.05, 4.69) is 18.9 Å². The van der Waals surface area contributed by atoms with Gasteiger partial charge in [-0.05, 0) is 48.7 Å². The van der Waals surface area contributed by atoms with Crippen molar-refractivity contribution in [3.05, 3.63) is 65.7 Å². The van der Waals surface area contributed by atoms with Crippen LogP contribution in [0.2, 0.25) is 0 Å². The van der Waals surface area contributed by atoms with Crippen LogP contribution < -0.4 is 9.75 Å². The Morgan fingerprint density at radius 1 is 1.08 bits per heavy atom. The van der Waals surface area contributed by atoms with E-state index >= 15 is 0 Å². The molecule has 0 aromatic heterocycles. The monoisotopic (exact) mass is 334 g/mol. The normalized spacial score (nSPS) is 15.8. The molecule has 128 valence electrons. The number of amides is 1. The van der Waals surface area contributed by atoms with E-state index in [1.165, 1.54) is 5.01 Å². The lowest BCUT2D eigenvalue weighted by molar-refractivity contribution is -0.114. The highest BCUT2D eigenvalue weighted by molar-refractivity contribution is 6.32. The fraction of sp³-hybridized carbons (Fsp3) is 0.238. The quantitative estimate of drug-likeness (QED) is 0.754. The number of benzene rings is 2. The highest BCUT2D eigenvalue weighted by Crippen LogP contribution is 2.25. The van der Waals surface area contributed by atoms with Crippen LogP contribution in [0.25, 0.3) is 6.08 Å². The Kier molecular flexibility index (Phi) is 4.98. The Bertz CT molecular complexity index is 806. The van der Waals surface area contributed by atoms with E-state index in [4.69, 9.17) is 4.74 Å². The van der Waals surface area contributed by atoms with Crippen LogP contribution in [0.3, 0.4) is 0 Å². The van der Waals surface area contributed by atoms with Crippen LogP contribution in [-0.4, -0.2) is 18.2 Å². The topological polar surface area (TPSA) is 41.9 Å². The fourth-order valence-electron chi connectivity index (χ4n) is 2.52. The predicted molar refractivity (Wildman–Crippen MR) is 102 cm³/mol. The number of carbonyl (C=O) groups excluding carboxylic acids is 1. The minimum Gasteiger partial charge on any atom is -0.493 e. The van der Waals surface area contributed by atoms with Crippen molar-refractivity contribution in [3.8, 4) is 5.75 Å². The lowest BCUT2D eigenvalue weighted by atomic mass is 10.1. The Balaban J connectivity index is 1.77. The molecule has 0 saturated heterocycles. The van der Waals surface area contributed by atoms with Crippen LogP contribution >= 0.6 is 0 Å². The SMILES string of the molecule is CC1=NN(c2ccccc2)C(=O)/C1=C/c1ccc(OCC(C)C)cc1. The summed E-state index contributed by atoms with van der Waals surface area (Å²) in [6.07, 6.45) is 1.87. The van der Waals surface area contributed by atoms with Crippen molar-refractivity contribution in [1.29, 1.82) is 0 Å². The van der Waals surface area contributed by atoms with Crippen LogP contribution in [0.15, 0.2) is 65.3 Å². The summed E-state index contributed by atoms with van der Waals surface area (Å²) in [5.74, 6) is 1.22. The zero-order chi connectivity index (χ0) is 17.8. The Hall–Kier alpha value is -2.88. The fourth-order valence-corrected chi connectivity index (χ4v) is 2.52. The summed E-state index contributed by atoms with van der Waals surface area (Å²) in [5.41, 5.74) is 3.05. The van der Waals surface area contributed by atoms with Crippen molar-refractivity contribution in [2.24, 2.45) is 11.0 Å². The van der Waals surface area contributed by atoms with Crippen molar-refractivity contribution < 1.29 is 9.53 Å². The smallest absolute Gasteiger partial charge is 0.280 e. The number of hydrogen-bond acceptors (Lipinski definition) is 3. The summed E-state index contributed by atoms with van der Waals surface area (Å²) in [4.78, 5) is 12.7. The molecule has 25 heavy (non-hydrogen) atoms. The molecule has 4 nitrogen and oxygen atoms in total. The zero-order valence-electron chi connectivity index (χ0n) is 14.8. The number of hydrogen-bond donors (Lipinski definition) is 0. The van der Waals surface area contributed by atoms with Gasteiger partial charge in [0.1, 0.15) is 5.75 Å². The lowest BCUT2D eigenvalue weighted by Crippen LogP contribution is -2.21. The summed E-state index contributed by atoms with van der Waals surface area (Å²) in [7, 11) is 0. The molecular weight excluding hydrogens is 312 g/mol. The summed E-state index contributed by atoms with van der Waals surface area (Å²) >= 11 is 0.